The Balaban J connectivity index is 3.47. The van der Waals surface area contributed by atoms with Crippen LogP contribution in [-0.2, 0) is 4.74 Å². The van der Waals surface area contributed by atoms with Gasteiger partial charge in [0.25, 0.3) is 0 Å². The summed E-state index contributed by atoms with van der Waals surface area (Å²) < 4.78 is 5.04. The second-order valence-electron chi connectivity index (χ2n) is 1.85. The Morgan fingerprint density at radius 2 is 1.23 bits per heavy atom. The Labute approximate surface area is 79.9 Å². The quantitative estimate of drug-likeness (QED) is 0.444. The van der Waals surface area contributed by atoms with Crippen LogP contribution in [0.5, 0.6) is 0 Å². The van der Waals surface area contributed by atoms with Gasteiger partial charge in [-0.05, 0) is 37.5 Å². The third-order valence-electron chi connectivity index (χ3n) is 0.900. The van der Waals surface area contributed by atoms with Crippen molar-refractivity contribution in [1.29, 1.82) is 0 Å². The maximum Gasteiger partial charge on any atom is 0.110 e. The maximum atomic E-state index is 5.04. The van der Waals surface area contributed by atoms with Gasteiger partial charge in [-0.1, -0.05) is 23.7 Å². The molecular weight excluding hydrogens is 160 g/mol. The topological polar surface area (TPSA) is 9.23 Å². The van der Waals surface area contributed by atoms with Crippen LogP contribution in [0, 0.1) is 47.4 Å². The summed E-state index contributed by atoms with van der Waals surface area (Å²) in [4.78, 5) is 0. The smallest absolute Gasteiger partial charge is 0.110 e. The fourth-order valence-electron chi connectivity index (χ4n) is 0.439. The summed E-state index contributed by atoms with van der Waals surface area (Å²) in [6, 6.07) is 0. The number of hydrogen-bond donors (Lipinski definition) is 0. The van der Waals surface area contributed by atoms with Gasteiger partial charge < -0.3 is 4.74 Å². The van der Waals surface area contributed by atoms with Crippen molar-refractivity contribution in [2.75, 3.05) is 13.2 Å². The van der Waals surface area contributed by atoms with Gasteiger partial charge in [-0.3, -0.25) is 0 Å². The van der Waals surface area contributed by atoms with Gasteiger partial charge in [-0.25, -0.2) is 0 Å². The Bertz CT molecular complexity index is 322. The molecule has 0 radical (unpaired) electrons. The molecule has 0 heterocycles. The van der Waals surface area contributed by atoms with Crippen LogP contribution in [0.15, 0.2) is 0 Å². The summed E-state index contributed by atoms with van der Waals surface area (Å²) in [5.74, 6) is 21.2. The largest absolute Gasteiger partial charge is 0.356 e. The molecule has 0 bridgehead atoms. The van der Waals surface area contributed by atoms with E-state index in [2.05, 4.69) is 47.4 Å². The average molecular weight is 170 g/mol. The van der Waals surface area contributed by atoms with Crippen LogP contribution >= 0.6 is 0 Å². The summed E-state index contributed by atoms with van der Waals surface area (Å²) in [7, 11) is 0. The van der Waals surface area contributed by atoms with Crippen molar-refractivity contribution in [1.82, 2.24) is 0 Å². The summed E-state index contributed by atoms with van der Waals surface area (Å²) in [5, 5.41) is 0. The number of rotatable bonds is 2. The van der Waals surface area contributed by atoms with Gasteiger partial charge in [0.2, 0.25) is 0 Å². The molecule has 0 aliphatic carbocycles. The van der Waals surface area contributed by atoms with Crippen molar-refractivity contribution in [3.8, 4) is 47.4 Å². The van der Waals surface area contributed by atoms with Gasteiger partial charge in [0.15, 0.2) is 0 Å². The van der Waals surface area contributed by atoms with E-state index in [0.29, 0.717) is 13.2 Å². The SMILES string of the molecule is CC#CC#CCOCC#CC#CC. The summed E-state index contributed by atoms with van der Waals surface area (Å²) >= 11 is 0. The van der Waals surface area contributed by atoms with Crippen molar-refractivity contribution in [3.05, 3.63) is 0 Å². The third kappa shape index (κ3) is 10.2. The van der Waals surface area contributed by atoms with Crippen molar-refractivity contribution in [2.24, 2.45) is 0 Å². The molecule has 0 rings (SSSR count). The van der Waals surface area contributed by atoms with Gasteiger partial charge in [0, 0.05) is 0 Å². The van der Waals surface area contributed by atoms with Crippen LogP contribution in [0.2, 0.25) is 0 Å². The zero-order valence-corrected chi connectivity index (χ0v) is 7.82. The molecule has 0 unspecified atom stereocenters. The van der Waals surface area contributed by atoms with Crippen LogP contribution in [0.4, 0.5) is 0 Å². The summed E-state index contributed by atoms with van der Waals surface area (Å²) in [5.41, 5.74) is 0. The molecule has 13 heavy (non-hydrogen) atoms. The van der Waals surface area contributed by atoms with Crippen molar-refractivity contribution < 1.29 is 4.74 Å². The Kier molecular flexibility index (Phi) is 8.79. The number of ether oxygens (including phenoxy) is 1. The fourth-order valence-corrected chi connectivity index (χ4v) is 0.439. The summed E-state index contributed by atoms with van der Waals surface area (Å²) in [6.45, 7) is 4.21. The van der Waals surface area contributed by atoms with Gasteiger partial charge in [-0.2, -0.15) is 0 Å². The maximum absolute atomic E-state index is 5.04. The van der Waals surface area contributed by atoms with Crippen LogP contribution < -0.4 is 0 Å². The summed E-state index contributed by atoms with van der Waals surface area (Å²) in [6.07, 6.45) is 0. The molecule has 0 aliphatic rings. The zero-order valence-electron chi connectivity index (χ0n) is 7.82. The van der Waals surface area contributed by atoms with Crippen molar-refractivity contribution >= 4 is 0 Å². The van der Waals surface area contributed by atoms with Crippen molar-refractivity contribution in [2.45, 2.75) is 13.8 Å². The van der Waals surface area contributed by atoms with E-state index in [1.807, 2.05) is 0 Å². The average Bonchev–Trinajstić information content (AvgIpc) is 2.16. The fraction of sp³-hybridized carbons (Fsp3) is 0.333. The van der Waals surface area contributed by atoms with E-state index in [1.165, 1.54) is 0 Å². The molecule has 0 aromatic rings. The molecule has 1 heteroatoms. The highest BCUT2D eigenvalue weighted by molar-refractivity contribution is 5.26. The van der Waals surface area contributed by atoms with Gasteiger partial charge >= 0.3 is 0 Å². The van der Waals surface area contributed by atoms with Gasteiger partial charge in [0.05, 0.1) is 0 Å². The molecule has 0 atom stereocenters. The molecule has 0 aromatic heterocycles. The highest BCUT2D eigenvalue weighted by Crippen LogP contribution is 1.69. The minimum absolute atomic E-state index is 0.364. The predicted octanol–water partition coefficient (Wildman–Crippen LogP) is 1.06. The molecule has 64 valence electrons. The molecule has 0 saturated heterocycles. The normalized spacial score (nSPS) is 5.69. The molecule has 1 nitrogen and oxygen atoms in total. The van der Waals surface area contributed by atoms with Crippen LogP contribution in [0.1, 0.15) is 13.8 Å². The Morgan fingerprint density at radius 1 is 0.769 bits per heavy atom. The third-order valence-corrected chi connectivity index (χ3v) is 0.900. The first-order valence-corrected chi connectivity index (χ1v) is 3.78. The van der Waals surface area contributed by atoms with E-state index in [9.17, 15) is 0 Å². The van der Waals surface area contributed by atoms with Gasteiger partial charge in [-0.15, -0.1) is 0 Å². The highest BCUT2D eigenvalue weighted by atomic mass is 16.5. The van der Waals surface area contributed by atoms with E-state index in [-0.39, 0.29) is 0 Å². The Hall–Kier alpha value is -1.80. The second-order valence-corrected chi connectivity index (χ2v) is 1.85. The monoisotopic (exact) mass is 170 g/mol. The van der Waals surface area contributed by atoms with Crippen LogP contribution in [-0.4, -0.2) is 13.2 Å². The lowest BCUT2D eigenvalue weighted by Crippen LogP contribution is -1.90. The molecule has 0 aromatic carbocycles. The Morgan fingerprint density at radius 3 is 1.62 bits per heavy atom. The second kappa shape index (κ2) is 10.2. The highest BCUT2D eigenvalue weighted by Gasteiger charge is 1.74. The van der Waals surface area contributed by atoms with Gasteiger partial charge in [0.1, 0.15) is 13.2 Å². The van der Waals surface area contributed by atoms with Crippen LogP contribution in [0.3, 0.4) is 0 Å². The van der Waals surface area contributed by atoms with Crippen molar-refractivity contribution in [3.63, 3.8) is 0 Å². The minimum atomic E-state index is 0.364. The standard InChI is InChI=1S/C12H10O/c1-3-5-7-9-11-13-12-10-8-6-4-2/h11-12H2,1-2H3. The van der Waals surface area contributed by atoms with E-state index in [0.717, 1.165) is 0 Å². The van der Waals surface area contributed by atoms with E-state index < -0.39 is 0 Å². The van der Waals surface area contributed by atoms with Crippen LogP contribution in [0.25, 0.3) is 0 Å². The minimum Gasteiger partial charge on any atom is -0.356 e. The molecule has 0 aliphatic heterocycles. The molecule has 0 saturated carbocycles. The lowest BCUT2D eigenvalue weighted by Gasteiger charge is -1.87. The number of hydrogen-bond acceptors (Lipinski definition) is 1. The lowest BCUT2D eigenvalue weighted by atomic mass is 10.5. The zero-order chi connectivity index (χ0) is 9.78. The lowest BCUT2D eigenvalue weighted by molar-refractivity contribution is 0.204. The van der Waals surface area contributed by atoms with E-state index >= 15 is 0 Å². The predicted molar refractivity (Wildman–Crippen MR) is 53.3 cm³/mol. The molecule has 0 spiro atoms. The molecule has 0 fully saturated rings. The van der Waals surface area contributed by atoms with E-state index in [4.69, 9.17) is 4.74 Å². The molecule has 0 N–H and O–H groups in total. The molecule has 0 amide bonds. The molecular formula is C12H10O. The first-order valence-electron chi connectivity index (χ1n) is 3.78. The first kappa shape index (κ1) is 11.2. The van der Waals surface area contributed by atoms with E-state index in [1.54, 1.807) is 13.8 Å². The first-order chi connectivity index (χ1) is 6.41.